The minimum atomic E-state index is -0.887. The van der Waals surface area contributed by atoms with Crippen molar-refractivity contribution in [2.75, 3.05) is 6.61 Å². The van der Waals surface area contributed by atoms with Crippen molar-refractivity contribution in [2.45, 2.75) is 25.8 Å². The van der Waals surface area contributed by atoms with Crippen LogP contribution in [0.15, 0.2) is 35.5 Å². The Balaban J connectivity index is 2.10. The highest BCUT2D eigenvalue weighted by Crippen LogP contribution is 2.40. The van der Waals surface area contributed by atoms with Crippen LogP contribution in [0, 0.1) is 0 Å². The number of carbonyl (C=O) groups is 1. The second-order valence-electron chi connectivity index (χ2n) is 5.43. The molecule has 1 aliphatic heterocycles. The first-order valence-electron chi connectivity index (χ1n) is 7.12. The van der Waals surface area contributed by atoms with E-state index in [1.165, 1.54) is 0 Å². The van der Waals surface area contributed by atoms with E-state index in [1.54, 1.807) is 6.20 Å². The van der Waals surface area contributed by atoms with E-state index in [-0.39, 0.29) is 6.42 Å². The van der Waals surface area contributed by atoms with E-state index in [0.29, 0.717) is 12.5 Å². The first kappa shape index (κ1) is 14.3. The number of aliphatic carboxylic acids is 1. The molecule has 22 heavy (non-hydrogen) atoms. The Labute approximate surface area is 127 Å². The van der Waals surface area contributed by atoms with Gasteiger partial charge in [-0.15, -0.1) is 0 Å². The lowest BCUT2D eigenvalue weighted by molar-refractivity contribution is -0.138. The summed E-state index contributed by atoms with van der Waals surface area (Å²) >= 11 is 0. The second kappa shape index (κ2) is 5.29. The van der Waals surface area contributed by atoms with Gasteiger partial charge in [0.05, 0.1) is 24.3 Å². The second-order valence-corrected chi connectivity index (χ2v) is 5.43. The molecule has 2 N–H and O–H groups in total. The number of nitrogens with one attached hydrogen (secondary N) is 1. The van der Waals surface area contributed by atoms with Crippen LogP contribution < -0.4 is 0 Å². The van der Waals surface area contributed by atoms with Gasteiger partial charge in [0.15, 0.2) is 0 Å². The fourth-order valence-corrected chi connectivity index (χ4v) is 2.78. The van der Waals surface area contributed by atoms with Crippen molar-refractivity contribution in [1.82, 2.24) is 10.2 Å². The summed E-state index contributed by atoms with van der Waals surface area (Å²) in [5.74, 6) is -0.376. The molecule has 0 saturated heterocycles. The monoisotopic (exact) mass is 299 g/mol. The first-order chi connectivity index (χ1) is 10.5. The summed E-state index contributed by atoms with van der Waals surface area (Å²) in [6.07, 6.45) is 1.60. The van der Waals surface area contributed by atoms with E-state index >= 15 is 0 Å². The van der Waals surface area contributed by atoms with Gasteiger partial charge in [-0.2, -0.15) is 5.10 Å². The number of nitrogens with zero attached hydrogens (tertiary/aromatic N) is 2. The summed E-state index contributed by atoms with van der Waals surface area (Å²) in [5.41, 5.74) is 2.73. The largest absolute Gasteiger partial charge is 0.481 e. The SMILES string of the molecule is CCOC1=NC(C)(CC(=O)O)c2cc(-c3ccn[nH]3)ccc21. The van der Waals surface area contributed by atoms with Crippen LogP contribution in [-0.4, -0.2) is 33.8 Å². The molecule has 1 unspecified atom stereocenters. The third kappa shape index (κ3) is 2.36. The molecule has 6 heteroatoms. The van der Waals surface area contributed by atoms with E-state index in [1.807, 2.05) is 38.1 Å². The number of aliphatic imine (C=N–C) groups is 1. The van der Waals surface area contributed by atoms with Gasteiger partial charge in [-0.25, -0.2) is 4.99 Å². The van der Waals surface area contributed by atoms with Crippen molar-refractivity contribution in [3.05, 3.63) is 41.6 Å². The molecule has 0 bridgehead atoms. The molecular weight excluding hydrogens is 282 g/mol. The van der Waals surface area contributed by atoms with Crippen LogP contribution in [0.3, 0.4) is 0 Å². The number of H-pyrrole nitrogens is 1. The zero-order valence-corrected chi connectivity index (χ0v) is 12.5. The standard InChI is InChI=1S/C16H17N3O3/c1-3-22-15-11-5-4-10(13-6-7-17-19-13)8-12(11)16(2,18-15)9-14(20)21/h4-8H,3,9H2,1-2H3,(H,17,19)(H,20,21). The van der Waals surface area contributed by atoms with Crippen molar-refractivity contribution in [2.24, 2.45) is 4.99 Å². The van der Waals surface area contributed by atoms with Gasteiger partial charge in [-0.05, 0) is 43.2 Å². The van der Waals surface area contributed by atoms with Crippen molar-refractivity contribution >= 4 is 11.9 Å². The number of aromatic amines is 1. The number of hydrogen-bond acceptors (Lipinski definition) is 4. The Bertz CT molecular complexity index is 737. The molecule has 2 aromatic rings. The Morgan fingerprint density at radius 3 is 2.86 bits per heavy atom. The van der Waals surface area contributed by atoms with Gasteiger partial charge >= 0.3 is 5.97 Å². The minimum Gasteiger partial charge on any atom is -0.481 e. The van der Waals surface area contributed by atoms with E-state index in [4.69, 9.17) is 4.74 Å². The van der Waals surface area contributed by atoms with Crippen molar-refractivity contribution in [1.29, 1.82) is 0 Å². The highest BCUT2D eigenvalue weighted by atomic mass is 16.5. The van der Waals surface area contributed by atoms with Gasteiger partial charge in [-0.3, -0.25) is 9.89 Å². The maximum atomic E-state index is 11.2. The average Bonchev–Trinajstić information content (AvgIpc) is 3.07. The van der Waals surface area contributed by atoms with Gasteiger partial charge < -0.3 is 9.84 Å². The molecule has 114 valence electrons. The van der Waals surface area contributed by atoms with Crippen LogP contribution in [0.25, 0.3) is 11.3 Å². The Kier molecular flexibility index (Phi) is 3.44. The molecule has 0 spiro atoms. The number of carboxylic acid groups (broad SMARTS) is 1. The van der Waals surface area contributed by atoms with Gasteiger partial charge in [0.1, 0.15) is 0 Å². The number of carboxylic acids is 1. The highest BCUT2D eigenvalue weighted by Gasteiger charge is 2.39. The van der Waals surface area contributed by atoms with Crippen LogP contribution in [0.1, 0.15) is 31.4 Å². The van der Waals surface area contributed by atoms with E-state index in [2.05, 4.69) is 15.2 Å². The molecule has 0 saturated carbocycles. The molecule has 0 fully saturated rings. The van der Waals surface area contributed by atoms with E-state index < -0.39 is 11.5 Å². The van der Waals surface area contributed by atoms with Gasteiger partial charge in [0.25, 0.3) is 0 Å². The van der Waals surface area contributed by atoms with Gasteiger partial charge in [-0.1, -0.05) is 6.07 Å². The Morgan fingerprint density at radius 1 is 1.41 bits per heavy atom. The number of hydrogen-bond donors (Lipinski definition) is 2. The summed E-state index contributed by atoms with van der Waals surface area (Å²) in [6.45, 7) is 4.19. The molecule has 0 amide bonds. The third-order valence-electron chi connectivity index (χ3n) is 3.77. The van der Waals surface area contributed by atoms with Crippen LogP contribution >= 0.6 is 0 Å². The molecule has 3 rings (SSSR count). The molecular formula is C16H17N3O3. The number of fused-ring (bicyclic) bond motifs is 1. The molecule has 2 heterocycles. The summed E-state index contributed by atoms with van der Waals surface area (Å²) < 4.78 is 5.57. The zero-order valence-electron chi connectivity index (χ0n) is 12.5. The number of ether oxygens (including phenoxy) is 1. The van der Waals surface area contributed by atoms with Crippen molar-refractivity contribution in [3.63, 3.8) is 0 Å². The van der Waals surface area contributed by atoms with Crippen molar-refractivity contribution in [3.8, 4) is 11.3 Å². The number of aromatic nitrogens is 2. The molecule has 1 aromatic heterocycles. The predicted molar refractivity (Wildman–Crippen MR) is 81.8 cm³/mol. The molecule has 0 aliphatic carbocycles. The topological polar surface area (TPSA) is 87.6 Å². The highest BCUT2D eigenvalue weighted by molar-refractivity contribution is 6.00. The summed E-state index contributed by atoms with van der Waals surface area (Å²) in [7, 11) is 0. The van der Waals surface area contributed by atoms with Gasteiger partial charge in [0, 0.05) is 11.8 Å². The zero-order chi connectivity index (χ0) is 15.7. The predicted octanol–water partition coefficient (Wildman–Crippen LogP) is 2.56. The maximum absolute atomic E-state index is 11.2. The number of benzene rings is 1. The van der Waals surface area contributed by atoms with Crippen LogP contribution in [0.4, 0.5) is 0 Å². The molecule has 6 nitrogen and oxygen atoms in total. The van der Waals surface area contributed by atoms with Gasteiger partial charge in [0.2, 0.25) is 5.90 Å². The first-order valence-corrected chi connectivity index (χ1v) is 7.12. The third-order valence-corrected chi connectivity index (χ3v) is 3.77. The normalized spacial score (nSPS) is 19.6. The van der Waals surface area contributed by atoms with Crippen LogP contribution in [0.2, 0.25) is 0 Å². The lowest BCUT2D eigenvalue weighted by Crippen LogP contribution is -2.21. The average molecular weight is 299 g/mol. The lowest BCUT2D eigenvalue weighted by atomic mass is 9.87. The lowest BCUT2D eigenvalue weighted by Gasteiger charge is -2.20. The van der Waals surface area contributed by atoms with Crippen molar-refractivity contribution < 1.29 is 14.6 Å². The minimum absolute atomic E-state index is 0.0804. The van der Waals surface area contributed by atoms with E-state index in [0.717, 1.165) is 22.4 Å². The summed E-state index contributed by atoms with van der Waals surface area (Å²) in [6, 6.07) is 7.71. The molecule has 1 atom stereocenters. The van der Waals surface area contributed by atoms with E-state index in [9.17, 15) is 9.90 Å². The Morgan fingerprint density at radius 2 is 2.23 bits per heavy atom. The summed E-state index contributed by atoms with van der Waals surface area (Å²) in [5, 5.41) is 16.1. The number of rotatable bonds is 4. The fraction of sp³-hybridized carbons (Fsp3) is 0.312. The summed E-state index contributed by atoms with van der Waals surface area (Å²) in [4.78, 5) is 15.8. The Hall–Kier alpha value is -2.63. The fourth-order valence-electron chi connectivity index (χ4n) is 2.78. The molecule has 1 aromatic carbocycles. The van der Waals surface area contributed by atoms with Crippen LogP contribution in [0.5, 0.6) is 0 Å². The molecule has 0 radical (unpaired) electrons. The van der Waals surface area contributed by atoms with Crippen LogP contribution in [-0.2, 0) is 15.1 Å². The maximum Gasteiger partial charge on any atom is 0.306 e. The molecule has 1 aliphatic rings. The smallest absolute Gasteiger partial charge is 0.306 e. The quantitative estimate of drug-likeness (QED) is 0.908.